The van der Waals surface area contributed by atoms with E-state index in [0.29, 0.717) is 0 Å². The van der Waals surface area contributed by atoms with E-state index in [-0.39, 0.29) is 18.2 Å². The molecule has 0 radical (unpaired) electrons. The van der Waals surface area contributed by atoms with Gasteiger partial charge in [-0.3, -0.25) is 0 Å². The maximum absolute atomic E-state index is 4.96. The lowest BCUT2D eigenvalue weighted by Gasteiger charge is -2.42. The molecule has 3 aromatic rings. The zero-order valence-electron chi connectivity index (χ0n) is 16.5. The lowest BCUT2D eigenvalue weighted by molar-refractivity contribution is 0.715. The topological polar surface area (TPSA) is 17.8 Å². The molecular formula is C22H29N2P. The van der Waals surface area contributed by atoms with E-state index in [0.717, 1.165) is 11.3 Å². The molecule has 2 nitrogen and oxygen atoms in total. The second kappa shape index (κ2) is 6.25. The Balaban J connectivity index is 2.27. The molecule has 2 aromatic carbocycles. The standard InChI is InChI=1S/C22H29N2P/c1-21(2,3)25(22(4,5)6)19-15-11-8-12-16(19)20-23-17-13-9-10-14-18(17)24(20)7/h8-15H,1-7H3. The molecule has 0 aliphatic carbocycles. The molecule has 0 N–H and O–H groups in total. The van der Waals surface area contributed by atoms with Crippen LogP contribution < -0.4 is 5.30 Å². The van der Waals surface area contributed by atoms with Gasteiger partial charge in [-0.1, -0.05) is 85.9 Å². The third kappa shape index (κ3) is 3.37. The Labute approximate surface area is 153 Å². The second-order valence-electron chi connectivity index (χ2n) is 8.68. The second-order valence-corrected chi connectivity index (χ2v) is 12.5. The number of imidazole rings is 1. The van der Waals surface area contributed by atoms with Gasteiger partial charge >= 0.3 is 0 Å². The number of benzene rings is 2. The molecule has 3 rings (SSSR count). The van der Waals surface area contributed by atoms with Crippen LogP contribution in [0.4, 0.5) is 0 Å². The summed E-state index contributed by atoms with van der Waals surface area (Å²) >= 11 is 0. The lowest BCUT2D eigenvalue weighted by Crippen LogP contribution is -2.32. The van der Waals surface area contributed by atoms with Crippen molar-refractivity contribution >= 4 is 24.3 Å². The molecule has 0 aliphatic rings. The van der Waals surface area contributed by atoms with E-state index in [1.54, 1.807) is 0 Å². The van der Waals surface area contributed by atoms with Crippen molar-refractivity contribution in [2.75, 3.05) is 0 Å². The number of fused-ring (bicyclic) bond motifs is 1. The highest BCUT2D eigenvalue weighted by Crippen LogP contribution is 2.59. The van der Waals surface area contributed by atoms with Crippen molar-refractivity contribution in [2.45, 2.75) is 51.9 Å². The van der Waals surface area contributed by atoms with Crippen molar-refractivity contribution < 1.29 is 0 Å². The summed E-state index contributed by atoms with van der Waals surface area (Å²) in [6.07, 6.45) is 0. The van der Waals surface area contributed by atoms with E-state index in [4.69, 9.17) is 4.98 Å². The predicted octanol–water partition coefficient (Wildman–Crippen LogP) is 5.94. The van der Waals surface area contributed by atoms with Crippen LogP contribution in [-0.4, -0.2) is 19.9 Å². The molecule has 1 aromatic heterocycles. The minimum atomic E-state index is -0.377. The molecule has 0 fully saturated rings. The summed E-state index contributed by atoms with van der Waals surface area (Å²) in [4.78, 5) is 4.96. The quantitative estimate of drug-likeness (QED) is 0.522. The average Bonchev–Trinajstić information content (AvgIpc) is 2.82. The van der Waals surface area contributed by atoms with Gasteiger partial charge in [-0.25, -0.2) is 4.98 Å². The van der Waals surface area contributed by atoms with Crippen molar-refractivity contribution in [1.29, 1.82) is 0 Å². The van der Waals surface area contributed by atoms with Crippen LogP contribution in [0.15, 0.2) is 48.5 Å². The smallest absolute Gasteiger partial charge is 0.141 e. The number of nitrogens with zero attached hydrogens (tertiary/aromatic N) is 2. The van der Waals surface area contributed by atoms with E-state index in [1.165, 1.54) is 16.4 Å². The lowest BCUT2D eigenvalue weighted by atomic mass is 10.2. The fourth-order valence-corrected chi connectivity index (χ4v) is 8.08. The van der Waals surface area contributed by atoms with Gasteiger partial charge in [-0.2, -0.15) is 0 Å². The van der Waals surface area contributed by atoms with Gasteiger partial charge in [0.05, 0.1) is 11.0 Å². The number of para-hydroxylation sites is 2. The number of hydrogen-bond acceptors (Lipinski definition) is 1. The summed E-state index contributed by atoms with van der Waals surface area (Å²) in [5.41, 5.74) is 3.52. The Bertz CT molecular complexity index is 880. The molecule has 0 saturated carbocycles. The van der Waals surface area contributed by atoms with Crippen molar-refractivity contribution in [3.63, 3.8) is 0 Å². The highest BCUT2D eigenvalue weighted by molar-refractivity contribution is 7.68. The van der Waals surface area contributed by atoms with Gasteiger partial charge in [0.2, 0.25) is 0 Å². The minimum absolute atomic E-state index is 0.230. The molecule has 0 amide bonds. The van der Waals surface area contributed by atoms with Crippen molar-refractivity contribution in [1.82, 2.24) is 9.55 Å². The first-order valence-electron chi connectivity index (χ1n) is 8.92. The molecule has 132 valence electrons. The van der Waals surface area contributed by atoms with Gasteiger partial charge in [-0.15, -0.1) is 0 Å². The number of aromatic nitrogens is 2. The molecule has 0 atom stereocenters. The number of aryl methyl sites for hydroxylation is 1. The summed E-state index contributed by atoms with van der Waals surface area (Å²) in [5, 5.41) is 1.92. The summed E-state index contributed by atoms with van der Waals surface area (Å²) in [5.74, 6) is 1.07. The molecule has 25 heavy (non-hydrogen) atoms. The van der Waals surface area contributed by atoms with Gasteiger partial charge in [0.25, 0.3) is 0 Å². The molecule has 1 heterocycles. The van der Waals surface area contributed by atoms with Gasteiger partial charge in [0, 0.05) is 12.6 Å². The van der Waals surface area contributed by atoms with Crippen LogP contribution in [0.3, 0.4) is 0 Å². The maximum Gasteiger partial charge on any atom is 0.141 e. The summed E-state index contributed by atoms with van der Waals surface area (Å²) < 4.78 is 2.23. The SMILES string of the molecule is Cn1c(-c2ccccc2P(C(C)(C)C)C(C)(C)C)nc2ccccc21. The first-order chi connectivity index (χ1) is 11.6. The van der Waals surface area contributed by atoms with Gasteiger partial charge in [0.1, 0.15) is 5.82 Å². The summed E-state index contributed by atoms with van der Waals surface area (Å²) in [6.45, 7) is 14.2. The average molecular weight is 352 g/mol. The van der Waals surface area contributed by atoms with Crippen molar-refractivity contribution in [3.05, 3.63) is 48.5 Å². The molecule has 0 bridgehead atoms. The van der Waals surface area contributed by atoms with E-state index in [2.05, 4.69) is 102 Å². The third-order valence-electron chi connectivity index (χ3n) is 4.51. The van der Waals surface area contributed by atoms with Crippen LogP contribution >= 0.6 is 7.92 Å². The molecule has 0 aliphatic heterocycles. The molecule has 3 heteroatoms. The Morgan fingerprint density at radius 3 is 1.96 bits per heavy atom. The highest BCUT2D eigenvalue weighted by Gasteiger charge is 2.37. The van der Waals surface area contributed by atoms with Crippen LogP contribution in [0, 0.1) is 0 Å². The molecular weight excluding hydrogens is 323 g/mol. The minimum Gasteiger partial charge on any atom is -0.327 e. The number of hydrogen-bond donors (Lipinski definition) is 0. The van der Waals surface area contributed by atoms with Crippen LogP contribution in [0.1, 0.15) is 41.5 Å². The van der Waals surface area contributed by atoms with Gasteiger partial charge < -0.3 is 4.57 Å². The fourth-order valence-electron chi connectivity index (χ4n) is 3.97. The first-order valence-corrected chi connectivity index (χ1v) is 10.3. The van der Waals surface area contributed by atoms with Crippen LogP contribution in [0.25, 0.3) is 22.4 Å². The third-order valence-corrected chi connectivity index (χ3v) is 8.07. The zero-order valence-corrected chi connectivity index (χ0v) is 17.4. The van der Waals surface area contributed by atoms with E-state index in [1.807, 2.05) is 0 Å². The Kier molecular flexibility index (Phi) is 4.54. The van der Waals surface area contributed by atoms with E-state index < -0.39 is 0 Å². The molecule has 0 saturated heterocycles. The Hall–Kier alpha value is -1.66. The van der Waals surface area contributed by atoms with Gasteiger partial charge in [0.15, 0.2) is 0 Å². The zero-order chi connectivity index (χ0) is 18.4. The highest BCUT2D eigenvalue weighted by atomic mass is 31.1. The Morgan fingerprint density at radius 2 is 1.36 bits per heavy atom. The number of rotatable bonds is 2. The fraction of sp³-hybridized carbons (Fsp3) is 0.409. The molecule has 0 unspecified atom stereocenters. The largest absolute Gasteiger partial charge is 0.327 e. The first kappa shape index (κ1) is 18.1. The summed E-state index contributed by atoms with van der Waals surface area (Å²) in [6, 6.07) is 17.2. The predicted molar refractivity (Wildman–Crippen MR) is 112 cm³/mol. The Morgan fingerprint density at radius 1 is 0.800 bits per heavy atom. The summed E-state index contributed by atoms with van der Waals surface area (Å²) in [7, 11) is 1.75. The maximum atomic E-state index is 4.96. The van der Waals surface area contributed by atoms with Crippen LogP contribution in [0.2, 0.25) is 0 Å². The van der Waals surface area contributed by atoms with E-state index >= 15 is 0 Å². The van der Waals surface area contributed by atoms with Gasteiger partial charge in [-0.05, 0) is 27.7 Å². The van der Waals surface area contributed by atoms with Crippen molar-refractivity contribution in [2.24, 2.45) is 7.05 Å². The monoisotopic (exact) mass is 352 g/mol. The van der Waals surface area contributed by atoms with Crippen LogP contribution in [-0.2, 0) is 7.05 Å². The normalized spacial score (nSPS) is 13.0. The van der Waals surface area contributed by atoms with Crippen LogP contribution in [0.5, 0.6) is 0 Å². The van der Waals surface area contributed by atoms with E-state index in [9.17, 15) is 0 Å². The molecule has 0 spiro atoms. The van der Waals surface area contributed by atoms with Crippen molar-refractivity contribution in [3.8, 4) is 11.4 Å².